The minimum atomic E-state index is -3.13. The predicted octanol–water partition coefficient (Wildman–Crippen LogP) is 1.90. The molecule has 0 spiro atoms. The molecule has 1 heterocycles. The van der Waals surface area contributed by atoms with E-state index in [-0.39, 0.29) is 0 Å². The smallest absolute Gasteiger partial charge is 0.193 e. The highest BCUT2D eigenvalue weighted by Crippen LogP contribution is 2.16. The van der Waals surface area contributed by atoms with Gasteiger partial charge < -0.3 is 10.2 Å². The first kappa shape index (κ1) is 16.8. The standard InChI is InChI=1S/C16H25N3O2S/c1-13-8-10-19(11-9-13)16(17-2)18-12-14-4-6-15(7-5-14)22(3,20)21/h4-7,13H,8-12H2,1-3H3,(H,17,18). The molecule has 0 aromatic heterocycles. The zero-order chi connectivity index (χ0) is 16.2. The van der Waals surface area contributed by atoms with Gasteiger partial charge in [0.15, 0.2) is 15.8 Å². The first-order valence-corrected chi connectivity index (χ1v) is 9.54. The minimum Gasteiger partial charge on any atom is -0.352 e. The molecule has 2 rings (SSSR count). The number of aliphatic imine (C=N–C) groups is 1. The van der Waals surface area contributed by atoms with Crippen LogP contribution in [0.3, 0.4) is 0 Å². The predicted molar refractivity (Wildman–Crippen MR) is 89.7 cm³/mol. The van der Waals surface area contributed by atoms with Gasteiger partial charge in [-0.15, -0.1) is 0 Å². The fourth-order valence-corrected chi connectivity index (χ4v) is 3.22. The summed E-state index contributed by atoms with van der Waals surface area (Å²) in [6.45, 7) is 5.00. The minimum absolute atomic E-state index is 0.352. The van der Waals surface area contributed by atoms with E-state index >= 15 is 0 Å². The molecule has 0 unspecified atom stereocenters. The van der Waals surface area contributed by atoms with Gasteiger partial charge in [0.05, 0.1) is 4.90 Å². The Morgan fingerprint density at radius 1 is 1.27 bits per heavy atom. The maximum Gasteiger partial charge on any atom is 0.193 e. The fourth-order valence-electron chi connectivity index (χ4n) is 2.59. The van der Waals surface area contributed by atoms with Crippen molar-refractivity contribution in [1.29, 1.82) is 0 Å². The summed E-state index contributed by atoms with van der Waals surface area (Å²) in [5, 5.41) is 3.35. The van der Waals surface area contributed by atoms with Crippen LogP contribution in [0.15, 0.2) is 34.2 Å². The van der Waals surface area contributed by atoms with Crippen molar-refractivity contribution in [1.82, 2.24) is 10.2 Å². The lowest BCUT2D eigenvalue weighted by Crippen LogP contribution is -2.45. The zero-order valence-electron chi connectivity index (χ0n) is 13.5. The van der Waals surface area contributed by atoms with E-state index in [2.05, 4.69) is 22.1 Å². The van der Waals surface area contributed by atoms with Crippen molar-refractivity contribution in [2.75, 3.05) is 26.4 Å². The highest BCUT2D eigenvalue weighted by Gasteiger charge is 2.18. The molecule has 122 valence electrons. The van der Waals surface area contributed by atoms with Crippen molar-refractivity contribution >= 4 is 15.8 Å². The Hall–Kier alpha value is -1.56. The number of nitrogens with zero attached hydrogens (tertiary/aromatic N) is 2. The third kappa shape index (κ3) is 4.47. The van der Waals surface area contributed by atoms with Crippen molar-refractivity contribution in [2.45, 2.75) is 31.2 Å². The van der Waals surface area contributed by atoms with E-state index in [4.69, 9.17) is 0 Å². The highest BCUT2D eigenvalue weighted by molar-refractivity contribution is 7.90. The number of hydrogen-bond donors (Lipinski definition) is 1. The summed E-state index contributed by atoms with van der Waals surface area (Å²) in [4.78, 5) is 6.98. The number of piperidine rings is 1. The first-order valence-electron chi connectivity index (χ1n) is 7.64. The summed E-state index contributed by atoms with van der Waals surface area (Å²) in [7, 11) is -1.33. The lowest BCUT2D eigenvalue weighted by molar-refractivity contribution is 0.273. The van der Waals surface area contributed by atoms with E-state index < -0.39 is 9.84 Å². The summed E-state index contributed by atoms with van der Waals surface area (Å²) in [6.07, 6.45) is 3.62. The molecular formula is C16H25N3O2S. The molecule has 22 heavy (non-hydrogen) atoms. The number of likely N-dealkylation sites (tertiary alicyclic amines) is 1. The van der Waals surface area contributed by atoms with Gasteiger partial charge in [0, 0.05) is 32.9 Å². The summed E-state index contributed by atoms with van der Waals surface area (Å²) in [6, 6.07) is 6.99. The van der Waals surface area contributed by atoms with Crippen LogP contribution in [0.25, 0.3) is 0 Å². The molecule has 1 aromatic rings. The van der Waals surface area contributed by atoms with E-state index in [1.54, 1.807) is 19.2 Å². The fraction of sp³-hybridized carbons (Fsp3) is 0.562. The molecule has 0 radical (unpaired) electrons. The summed E-state index contributed by atoms with van der Waals surface area (Å²) in [5.41, 5.74) is 1.04. The van der Waals surface area contributed by atoms with Gasteiger partial charge in [-0.1, -0.05) is 19.1 Å². The topological polar surface area (TPSA) is 61.8 Å². The molecule has 1 aliphatic rings. The molecule has 0 saturated carbocycles. The molecule has 1 N–H and O–H groups in total. The van der Waals surface area contributed by atoms with Gasteiger partial charge in [0.2, 0.25) is 0 Å². The summed E-state index contributed by atoms with van der Waals surface area (Å²) >= 11 is 0. The van der Waals surface area contributed by atoms with Crippen LogP contribution in [0.1, 0.15) is 25.3 Å². The monoisotopic (exact) mass is 323 g/mol. The number of guanidine groups is 1. The molecule has 0 amide bonds. The van der Waals surface area contributed by atoms with E-state index in [1.807, 2.05) is 12.1 Å². The molecule has 0 atom stereocenters. The quantitative estimate of drug-likeness (QED) is 0.682. The zero-order valence-corrected chi connectivity index (χ0v) is 14.4. The van der Waals surface area contributed by atoms with Crippen molar-refractivity contribution in [3.05, 3.63) is 29.8 Å². The van der Waals surface area contributed by atoms with Gasteiger partial charge in [-0.25, -0.2) is 8.42 Å². The third-order valence-electron chi connectivity index (χ3n) is 4.10. The third-order valence-corrected chi connectivity index (χ3v) is 5.23. The van der Waals surface area contributed by atoms with Crippen LogP contribution in [0.2, 0.25) is 0 Å². The summed E-state index contributed by atoms with van der Waals surface area (Å²) < 4.78 is 22.9. The van der Waals surface area contributed by atoms with Crippen LogP contribution in [0, 0.1) is 5.92 Å². The molecule has 6 heteroatoms. The van der Waals surface area contributed by atoms with Crippen molar-refractivity contribution in [3.8, 4) is 0 Å². The number of hydrogen-bond acceptors (Lipinski definition) is 3. The largest absolute Gasteiger partial charge is 0.352 e. The van der Waals surface area contributed by atoms with Crippen LogP contribution >= 0.6 is 0 Å². The second kappa shape index (κ2) is 7.13. The van der Waals surface area contributed by atoms with E-state index in [0.717, 1.165) is 30.5 Å². The number of benzene rings is 1. The van der Waals surface area contributed by atoms with Gasteiger partial charge in [-0.2, -0.15) is 0 Å². The Bertz CT molecular complexity index is 615. The van der Waals surface area contributed by atoms with Gasteiger partial charge in [-0.3, -0.25) is 4.99 Å². The molecular weight excluding hydrogens is 298 g/mol. The maximum atomic E-state index is 11.4. The van der Waals surface area contributed by atoms with Gasteiger partial charge >= 0.3 is 0 Å². The number of sulfone groups is 1. The van der Waals surface area contributed by atoms with Crippen LogP contribution in [0.4, 0.5) is 0 Å². The van der Waals surface area contributed by atoms with Crippen molar-refractivity contribution in [3.63, 3.8) is 0 Å². The SMILES string of the molecule is CN=C(NCc1ccc(S(C)(=O)=O)cc1)N1CCC(C)CC1. The van der Waals surface area contributed by atoms with Crippen molar-refractivity contribution in [2.24, 2.45) is 10.9 Å². The second-order valence-electron chi connectivity index (χ2n) is 5.99. The van der Waals surface area contributed by atoms with E-state index in [9.17, 15) is 8.42 Å². The van der Waals surface area contributed by atoms with E-state index in [1.165, 1.54) is 19.1 Å². The van der Waals surface area contributed by atoms with Crippen molar-refractivity contribution < 1.29 is 8.42 Å². The Morgan fingerprint density at radius 3 is 2.36 bits per heavy atom. The lowest BCUT2D eigenvalue weighted by atomic mass is 10.00. The van der Waals surface area contributed by atoms with Crippen LogP contribution in [-0.2, 0) is 16.4 Å². The maximum absolute atomic E-state index is 11.4. The molecule has 1 aliphatic heterocycles. The Kier molecular flexibility index (Phi) is 5.45. The average molecular weight is 323 g/mol. The molecule has 0 aliphatic carbocycles. The molecule has 1 saturated heterocycles. The Labute approximate surface area is 133 Å². The van der Waals surface area contributed by atoms with Crippen LogP contribution in [0.5, 0.6) is 0 Å². The Balaban J connectivity index is 1.93. The normalized spacial score (nSPS) is 17.6. The van der Waals surface area contributed by atoms with Gasteiger partial charge in [-0.05, 0) is 36.5 Å². The number of rotatable bonds is 3. The summed E-state index contributed by atoms with van der Waals surface area (Å²) in [5.74, 6) is 1.71. The molecule has 0 bridgehead atoms. The highest BCUT2D eigenvalue weighted by atomic mass is 32.2. The number of nitrogens with one attached hydrogen (secondary N) is 1. The molecule has 5 nitrogen and oxygen atoms in total. The molecule has 1 fully saturated rings. The lowest BCUT2D eigenvalue weighted by Gasteiger charge is -2.32. The van der Waals surface area contributed by atoms with Gasteiger partial charge in [0.1, 0.15) is 0 Å². The van der Waals surface area contributed by atoms with E-state index in [0.29, 0.717) is 11.4 Å². The molecule has 1 aromatic carbocycles. The van der Waals surface area contributed by atoms with Crippen LogP contribution in [-0.4, -0.2) is 45.7 Å². The Morgan fingerprint density at radius 2 is 1.86 bits per heavy atom. The van der Waals surface area contributed by atoms with Gasteiger partial charge in [0.25, 0.3) is 0 Å². The average Bonchev–Trinajstić information content (AvgIpc) is 2.49. The first-order chi connectivity index (χ1) is 10.4. The second-order valence-corrected chi connectivity index (χ2v) is 8.00. The van der Waals surface area contributed by atoms with Crippen LogP contribution < -0.4 is 5.32 Å².